The summed E-state index contributed by atoms with van der Waals surface area (Å²) in [6.07, 6.45) is 5.29. The maximum Gasteiger partial charge on any atom is 0.0477 e. The third kappa shape index (κ3) is 4.12. The molecule has 0 aromatic heterocycles. The third-order valence-corrected chi connectivity index (χ3v) is 3.73. The van der Waals surface area contributed by atoms with E-state index in [0.29, 0.717) is 12.0 Å². The van der Waals surface area contributed by atoms with Crippen molar-refractivity contribution in [3.05, 3.63) is 0 Å². The summed E-state index contributed by atoms with van der Waals surface area (Å²) < 4.78 is 5.17. The van der Waals surface area contributed by atoms with E-state index < -0.39 is 0 Å². The highest BCUT2D eigenvalue weighted by atomic mass is 16.5. The van der Waals surface area contributed by atoms with Crippen molar-refractivity contribution in [2.75, 3.05) is 13.7 Å². The van der Waals surface area contributed by atoms with E-state index in [2.05, 4.69) is 26.1 Å². The van der Waals surface area contributed by atoms with Gasteiger partial charge in [0.05, 0.1) is 0 Å². The second-order valence-electron chi connectivity index (χ2n) is 5.31. The van der Waals surface area contributed by atoms with Crippen LogP contribution in [-0.2, 0) is 4.74 Å². The fourth-order valence-corrected chi connectivity index (χ4v) is 2.52. The van der Waals surface area contributed by atoms with Crippen LogP contribution in [0.2, 0.25) is 0 Å². The molecule has 15 heavy (non-hydrogen) atoms. The molecule has 0 aliphatic heterocycles. The second kappa shape index (κ2) is 6.49. The Morgan fingerprint density at radius 2 is 2.07 bits per heavy atom. The summed E-state index contributed by atoms with van der Waals surface area (Å²) in [5.74, 6) is 1.56. The van der Waals surface area contributed by atoms with E-state index >= 15 is 0 Å². The molecule has 1 aliphatic rings. The number of hydrogen-bond acceptors (Lipinski definition) is 2. The van der Waals surface area contributed by atoms with Gasteiger partial charge < -0.3 is 10.1 Å². The SMILES string of the molecule is COCCC(NC1CCCC1C)C(C)C. The number of ether oxygens (including phenoxy) is 1. The molecule has 2 nitrogen and oxygen atoms in total. The van der Waals surface area contributed by atoms with Crippen molar-refractivity contribution in [2.24, 2.45) is 11.8 Å². The quantitative estimate of drug-likeness (QED) is 0.732. The average Bonchev–Trinajstić information content (AvgIpc) is 2.58. The molecule has 1 saturated carbocycles. The monoisotopic (exact) mass is 213 g/mol. The lowest BCUT2D eigenvalue weighted by Gasteiger charge is -2.28. The summed E-state index contributed by atoms with van der Waals surface area (Å²) in [6, 6.07) is 1.37. The van der Waals surface area contributed by atoms with Crippen LogP contribution < -0.4 is 5.32 Å². The van der Waals surface area contributed by atoms with Gasteiger partial charge in [-0.25, -0.2) is 0 Å². The molecule has 0 radical (unpaired) electrons. The lowest BCUT2D eigenvalue weighted by Crippen LogP contribution is -2.43. The lowest BCUT2D eigenvalue weighted by molar-refractivity contribution is 0.167. The van der Waals surface area contributed by atoms with Gasteiger partial charge in [0.15, 0.2) is 0 Å². The molecule has 2 heteroatoms. The summed E-state index contributed by atoms with van der Waals surface area (Å²) in [4.78, 5) is 0. The van der Waals surface area contributed by atoms with Gasteiger partial charge in [-0.3, -0.25) is 0 Å². The molecule has 1 rings (SSSR count). The first-order chi connectivity index (χ1) is 7.15. The second-order valence-corrected chi connectivity index (χ2v) is 5.31. The van der Waals surface area contributed by atoms with Crippen molar-refractivity contribution >= 4 is 0 Å². The molecule has 0 spiro atoms. The Morgan fingerprint density at radius 3 is 2.53 bits per heavy atom. The number of methoxy groups -OCH3 is 1. The van der Waals surface area contributed by atoms with Crippen LogP contribution in [0.3, 0.4) is 0 Å². The smallest absolute Gasteiger partial charge is 0.0477 e. The summed E-state index contributed by atoms with van der Waals surface area (Å²) in [7, 11) is 1.79. The van der Waals surface area contributed by atoms with Gasteiger partial charge in [0.2, 0.25) is 0 Å². The molecule has 0 aromatic rings. The van der Waals surface area contributed by atoms with E-state index in [1.54, 1.807) is 7.11 Å². The molecule has 1 aliphatic carbocycles. The molecule has 0 aromatic carbocycles. The fraction of sp³-hybridized carbons (Fsp3) is 1.00. The van der Waals surface area contributed by atoms with Crippen molar-refractivity contribution < 1.29 is 4.74 Å². The maximum atomic E-state index is 5.17. The Bertz CT molecular complexity index is 170. The molecule has 3 unspecified atom stereocenters. The Balaban J connectivity index is 2.35. The zero-order valence-corrected chi connectivity index (χ0v) is 10.8. The molecule has 1 N–H and O–H groups in total. The van der Waals surface area contributed by atoms with Crippen LogP contribution in [0.5, 0.6) is 0 Å². The lowest BCUT2D eigenvalue weighted by atomic mass is 9.97. The van der Waals surface area contributed by atoms with Crippen LogP contribution >= 0.6 is 0 Å². The molecule has 0 bridgehead atoms. The van der Waals surface area contributed by atoms with Gasteiger partial charge in [0.1, 0.15) is 0 Å². The Labute approximate surface area is 94.8 Å². The topological polar surface area (TPSA) is 21.3 Å². The highest BCUT2D eigenvalue weighted by molar-refractivity contribution is 4.84. The predicted molar refractivity (Wildman–Crippen MR) is 65.1 cm³/mol. The van der Waals surface area contributed by atoms with Crippen LogP contribution in [0.4, 0.5) is 0 Å². The van der Waals surface area contributed by atoms with Gasteiger partial charge >= 0.3 is 0 Å². The number of rotatable bonds is 6. The van der Waals surface area contributed by atoms with Crippen molar-refractivity contribution in [1.82, 2.24) is 5.32 Å². The first-order valence-corrected chi connectivity index (χ1v) is 6.40. The number of hydrogen-bond donors (Lipinski definition) is 1. The van der Waals surface area contributed by atoms with Gasteiger partial charge in [0, 0.05) is 25.8 Å². The zero-order valence-electron chi connectivity index (χ0n) is 10.8. The zero-order chi connectivity index (χ0) is 11.3. The predicted octanol–water partition coefficient (Wildman–Crippen LogP) is 2.83. The first kappa shape index (κ1) is 13.0. The van der Waals surface area contributed by atoms with Crippen LogP contribution in [0.1, 0.15) is 46.5 Å². The average molecular weight is 213 g/mol. The normalized spacial score (nSPS) is 28.6. The minimum atomic E-state index is 0.621. The van der Waals surface area contributed by atoms with Gasteiger partial charge in [-0.2, -0.15) is 0 Å². The van der Waals surface area contributed by atoms with Crippen molar-refractivity contribution in [3.8, 4) is 0 Å². The molecule has 0 amide bonds. The minimum absolute atomic E-state index is 0.621. The molecular weight excluding hydrogens is 186 g/mol. The molecule has 0 heterocycles. The van der Waals surface area contributed by atoms with Crippen LogP contribution in [0.15, 0.2) is 0 Å². The first-order valence-electron chi connectivity index (χ1n) is 6.40. The highest BCUT2D eigenvalue weighted by Crippen LogP contribution is 2.26. The van der Waals surface area contributed by atoms with Crippen molar-refractivity contribution in [2.45, 2.75) is 58.5 Å². The van der Waals surface area contributed by atoms with E-state index in [4.69, 9.17) is 4.74 Å². The largest absolute Gasteiger partial charge is 0.385 e. The van der Waals surface area contributed by atoms with Crippen LogP contribution in [0, 0.1) is 11.8 Å². The van der Waals surface area contributed by atoms with E-state index in [0.717, 1.165) is 25.0 Å². The van der Waals surface area contributed by atoms with Gasteiger partial charge in [-0.1, -0.05) is 27.2 Å². The van der Waals surface area contributed by atoms with Gasteiger partial charge in [0.25, 0.3) is 0 Å². The summed E-state index contributed by atoms with van der Waals surface area (Å²) >= 11 is 0. The Morgan fingerprint density at radius 1 is 1.33 bits per heavy atom. The van der Waals surface area contributed by atoms with Crippen molar-refractivity contribution in [1.29, 1.82) is 0 Å². The van der Waals surface area contributed by atoms with E-state index in [-0.39, 0.29) is 0 Å². The summed E-state index contributed by atoms with van der Waals surface area (Å²) in [6.45, 7) is 7.84. The number of nitrogens with one attached hydrogen (secondary N) is 1. The van der Waals surface area contributed by atoms with Crippen LogP contribution in [0.25, 0.3) is 0 Å². The van der Waals surface area contributed by atoms with E-state index in [9.17, 15) is 0 Å². The van der Waals surface area contributed by atoms with Crippen molar-refractivity contribution in [3.63, 3.8) is 0 Å². The summed E-state index contributed by atoms with van der Waals surface area (Å²) in [5, 5.41) is 3.82. The minimum Gasteiger partial charge on any atom is -0.385 e. The Kier molecular flexibility index (Phi) is 5.62. The Hall–Kier alpha value is -0.0800. The highest BCUT2D eigenvalue weighted by Gasteiger charge is 2.26. The standard InChI is InChI=1S/C13H27NO/c1-10(2)12(8-9-15-4)14-13-7-5-6-11(13)3/h10-14H,5-9H2,1-4H3. The van der Waals surface area contributed by atoms with Gasteiger partial charge in [-0.05, 0) is 31.1 Å². The molecule has 0 saturated heterocycles. The third-order valence-electron chi connectivity index (χ3n) is 3.73. The van der Waals surface area contributed by atoms with Gasteiger partial charge in [-0.15, -0.1) is 0 Å². The van der Waals surface area contributed by atoms with E-state index in [1.807, 2.05) is 0 Å². The molecule has 3 atom stereocenters. The fourth-order valence-electron chi connectivity index (χ4n) is 2.52. The molecule has 1 fully saturated rings. The van der Waals surface area contributed by atoms with Crippen LogP contribution in [-0.4, -0.2) is 25.8 Å². The molecular formula is C13H27NO. The van der Waals surface area contributed by atoms with E-state index in [1.165, 1.54) is 19.3 Å². The maximum absolute atomic E-state index is 5.17. The molecule has 90 valence electrons. The summed E-state index contributed by atoms with van der Waals surface area (Å²) in [5.41, 5.74) is 0.